The van der Waals surface area contributed by atoms with Gasteiger partial charge >= 0.3 is 0 Å². The zero-order valence-electron chi connectivity index (χ0n) is 10.4. The van der Waals surface area contributed by atoms with Gasteiger partial charge in [0.2, 0.25) is 0 Å². The van der Waals surface area contributed by atoms with Crippen molar-refractivity contribution in [2.75, 3.05) is 6.61 Å². The number of rotatable bonds is 2. The van der Waals surface area contributed by atoms with E-state index in [9.17, 15) is 5.11 Å². The molecule has 1 heterocycles. The summed E-state index contributed by atoms with van der Waals surface area (Å²) >= 11 is 3.44. The van der Waals surface area contributed by atoms with Crippen LogP contribution in [0.4, 0.5) is 0 Å². The van der Waals surface area contributed by atoms with E-state index < -0.39 is 6.10 Å². The lowest BCUT2D eigenvalue weighted by atomic mass is 9.71. The Morgan fingerprint density at radius 2 is 2.22 bits per heavy atom. The lowest BCUT2D eigenvalue weighted by Crippen LogP contribution is -2.55. The molecule has 0 saturated heterocycles. The Balaban J connectivity index is 1.80. The van der Waals surface area contributed by atoms with Crippen molar-refractivity contribution >= 4 is 15.9 Å². The average Bonchev–Trinajstić information content (AvgIpc) is 2.26. The van der Waals surface area contributed by atoms with Crippen molar-refractivity contribution in [1.29, 1.82) is 0 Å². The van der Waals surface area contributed by atoms with Crippen molar-refractivity contribution in [1.82, 2.24) is 0 Å². The zero-order valence-corrected chi connectivity index (χ0v) is 11.9. The zero-order chi connectivity index (χ0) is 12.8. The molecule has 18 heavy (non-hydrogen) atoms. The number of hydrogen-bond donors (Lipinski definition) is 1. The quantitative estimate of drug-likeness (QED) is 0.911. The Morgan fingerprint density at radius 1 is 1.44 bits per heavy atom. The summed E-state index contributed by atoms with van der Waals surface area (Å²) in [6.07, 6.45) is 2.29. The first kappa shape index (κ1) is 12.5. The van der Waals surface area contributed by atoms with Crippen LogP contribution in [0.3, 0.4) is 0 Å². The molecule has 1 atom stereocenters. The van der Waals surface area contributed by atoms with Crippen molar-refractivity contribution in [3.8, 4) is 5.75 Å². The number of hydrogen-bond acceptors (Lipinski definition) is 3. The molecule has 1 N–H and O–H groups in total. The van der Waals surface area contributed by atoms with Gasteiger partial charge in [0.1, 0.15) is 11.4 Å². The number of aliphatic hydroxyl groups is 1. The third kappa shape index (κ3) is 2.06. The van der Waals surface area contributed by atoms with E-state index in [1.54, 1.807) is 0 Å². The maximum Gasteiger partial charge on any atom is 0.127 e. The number of ether oxygens (including phenoxy) is 2. The van der Waals surface area contributed by atoms with Crippen LogP contribution in [-0.2, 0) is 4.74 Å². The topological polar surface area (TPSA) is 38.7 Å². The molecule has 0 unspecified atom stereocenters. The molecule has 1 aromatic rings. The lowest BCUT2D eigenvalue weighted by Gasteiger charge is -2.50. The molecule has 1 aliphatic carbocycles. The van der Waals surface area contributed by atoms with E-state index in [1.807, 2.05) is 25.1 Å². The maximum atomic E-state index is 10.2. The van der Waals surface area contributed by atoms with Gasteiger partial charge in [-0.25, -0.2) is 0 Å². The highest BCUT2D eigenvalue weighted by atomic mass is 79.9. The fraction of sp³-hybridized carbons (Fsp3) is 0.571. The molecule has 1 spiro atoms. The second-order valence-electron chi connectivity index (χ2n) is 5.17. The molecule has 1 aromatic carbocycles. The van der Waals surface area contributed by atoms with Crippen molar-refractivity contribution in [2.24, 2.45) is 0 Å². The van der Waals surface area contributed by atoms with Crippen LogP contribution < -0.4 is 4.74 Å². The predicted molar refractivity (Wildman–Crippen MR) is 71.7 cm³/mol. The summed E-state index contributed by atoms with van der Waals surface area (Å²) < 4.78 is 12.7. The molecule has 0 bridgehead atoms. The molecule has 1 aliphatic heterocycles. The monoisotopic (exact) mass is 312 g/mol. The van der Waals surface area contributed by atoms with Gasteiger partial charge in [-0.2, -0.15) is 0 Å². The van der Waals surface area contributed by atoms with Gasteiger partial charge in [-0.3, -0.25) is 0 Å². The molecule has 0 aromatic heterocycles. The van der Waals surface area contributed by atoms with Crippen molar-refractivity contribution < 1.29 is 14.6 Å². The minimum atomic E-state index is -0.426. The van der Waals surface area contributed by atoms with Gasteiger partial charge < -0.3 is 14.6 Å². The second-order valence-corrected chi connectivity index (χ2v) is 6.09. The van der Waals surface area contributed by atoms with Gasteiger partial charge in [0.15, 0.2) is 0 Å². The van der Waals surface area contributed by atoms with Crippen molar-refractivity contribution in [2.45, 2.75) is 44.0 Å². The molecule has 3 rings (SSSR count). The largest absolute Gasteiger partial charge is 0.487 e. The Labute approximate surface area is 115 Å². The van der Waals surface area contributed by atoms with Crippen molar-refractivity contribution in [3.05, 3.63) is 28.2 Å². The summed E-state index contributed by atoms with van der Waals surface area (Å²) in [6, 6.07) is 5.80. The summed E-state index contributed by atoms with van der Waals surface area (Å²) in [5.41, 5.74) is 0.677. The Bertz CT molecular complexity index is 454. The first-order valence-corrected chi connectivity index (χ1v) is 7.19. The summed E-state index contributed by atoms with van der Waals surface area (Å²) in [7, 11) is 0. The lowest BCUT2D eigenvalue weighted by molar-refractivity contribution is -0.147. The van der Waals surface area contributed by atoms with Crippen LogP contribution in [0.25, 0.3) is 0 Å². The van der Waals surface area contributed by atoms with E-state index in [-0.39, 0.29) is 11.7 Å². The SMILES string of the molecule is CCOC1CC2(C1)C[C@@H](O)c1ccc(Br)cc1O2. The summed E-state index contributed by atoms with van der Waals surface area (Å²) in [5.74, 6) is 0.804. The Morgan fingerprint density at radius 3 is 2.94 bits per heavy atom. The van der Waals surface area contributed by atoms with Crippen molar-refractivity contribution in [3.63, 3.8) is 0 Å². The third-order valence-corrected chi connectivity index (χ3v) is 4.32. The first-order chi connectivity index (χ1) is 8.62. The molecule has 3 nitrogen and oxygen atoms in total. The van der Waals surface area contributed by atoms with Crippen LogP contribution in [0.1, 0.15) is 37.9 Å². The fourth-order valence-corrected chi connectivity index (χ4v) is 3.32. The van der Waals surface area contributed by atoms with E-state index in [4.69, 9.17) is 9.47 Å². The highest BCUT2D eigenvalue weighted by Crippen LogP contribution is 2.50. The molecule has 1 fully saturated rings. The number of halogens is 1. The second kappa shape index (κ2) is 4.51. The molecule has 0 radical (unpaired) electrons. The fourth-order valence-electron chi connectivity index (χ4n) is 2.98. The summed E-state index contributed by atoms with van der Waals surface area (Å²) in [6.45, 7) is 2.75. The highest BCUT2D eigenvalue weighted by molar-refractivity contribution is 9.10. The van der Waals surface area contributed by atoms with E-state index in [1.165, 1.54) is 0 Å². The summed E-state index contributed by atoms with van der Waals surface area (Å²) in [4.78, 5) is 0. The van der Waals surface area contributed by atoms with E-state index in [0.717, 1.165) is 35.2 Å². The Kier molecular flexibility index (Phi) is 3.12. The third-order valence-electron chi connectivity index (χ3n) is 3.83. The minimum Gasteiger partial charge on any atom is -0.487 e. The van der Waals surface area contributed by atoms with Crippen LogP contribution in [0, 0.1) is 0 Å². The standard InChI is InChI=1S/C14H17BrO3/c1-2-17-10-6-14(7-10)8-12(16)11-4-3-9(15)5-13(11)18-14/h3-5,10,12,16H,2,6-8H2,1H3/t10?,12-,14?/m1/s1. The van der Waals surface area contributed by atoms with Crippen LogP contribution >= 0.6 is 15.9 Å². The summed E-state index contributed by atoms with van der Waals surface area (Å²) in [5, 5.41) is 10.2. The molecular formula is C14H17BrO3. The van der Waals surface area contributed by atoms with Crippen LogP contribution in [0.15, 0.2) is 22.7 Å². The first-order valence-electron chi connectivity index (χ1n) is 6.40. The van der Waals surface area contributed by atoms with Gasteiger partial charge in [-0.1, -0.05) is 22.0 Å². The maximum absolute atomic E-state index is 10.2. The minimum absolute atomic E-state index is 0.215. The van der Waals surface area contributed by atoms with Gasteiger partial charge in [0.25, 0.3) is 0 Å². The van der Waals surface area contributed by atoms with Crippen LogP contribution in [0.2, 0.25) is 0 Å². The Hall–Kier alpha value is -0.580. The van der Waals surface area contributed by atoms with E-state index in [2.05, 4.69) is 15.9 Å². The van der Waals surface area contributed by atoms with Gasteiger partial charge in [0, 0.05) is 35.9 Å². The predicted octanol–water partition coefficient (Wildman–Crippen LogP) is 3.20. The molecule has 4 heteroatoms. The van der Waals surface area contributed by atoms with Crippen LogP contribution in [-0.4, -0.2) is 23.4 Å². The van der Waals surface area contributed by atoms with Gasteiger partial charge in [-0.15, -0.1) is 0 Å². The van der Waals surface area contributed by atoms with E-state index >= 15 is 0 Å². The molecular weight excluding hydrogens is 296 g/mol. The molecule has 98 valence electrons. The van der Waals surface area contributed by atoms with Crippen LogP contribution in [0.5, 0.6) is 5.75 Å². The van der Waals surface area contributed by atoms with Gasteiger partial charge in [0.05, 0.1) is 12.2 Å². The van der Waals surface area contributed by atoms with E-state index in [0.29, 0.717) is 6.42 Å². The highest BCUT2D eigenvalue weighted by Gasteiger charge is 2.51. The normalized spacial score (nSPS) is 33.7. The molecule has 0 amide bonds. The van der Waals surface area contributed by atoms with Gasteiger partial charge in [-0.05, 0) is 19.1 Å². The molecule has 2 aliphatic rings. The smallest absolute Gasteiger partial charge is 0.127 e. The number of fused-ring (bicyclic) bond motifs is 1. The molecule has 1 saturated carbocycles. The number of aliphatic hydroxyl groups excluding tert-OH is 1. The number of benzene rings is 1. The average molecular weight is 313 g/mol.